The minimum absolute atomic E-state index is 0.00301. The Balaban J connectivity index is 1.72. The molecule has 0 saturated heterocycles. The molecule has 4 nitrogen and oxygen atoms in total. The van der Waals surface area contributed by atoms with Crippen LogP contribution in [0, 0.1) is 48.5 Å². The molecule has 5 rings (SSSR count). The SMILES string of the molecule is Cc1cc(C)c(-n2c(C)cc(/C=c3\sc4nc5cc(C)c(C)cc5n4c3=O)c2C)c(C)c1. The van der Waals surface area contributed by atoms with Crippen molar-refractivity contribution in [3.8, 4) is 5.69 Å². The number of benzene rings is 2. The van der Waals surface area contributed by atoms with Crippen LogP contribution in [0.5, 0.6) is 0 Å². The molecule has 0 radical (unpaired) electrons. The summed E-state index contributed by atoms with van der Waals surface area (Å²) in [4.78, 5) is 18.8. The molecule has 0 bridgehead atoms. The van der Waals surface area contributed by atoms with Gasteiger partial charge in [-0.05, 0) is 101 Å². The van der Waals surface area contributed by atoms with Gasteiger partial charge in [0.25, 0.3) is 5.56 Å². The van der Waals surface area contributed by atoms with Crippen molar-refractivity contribution in [2.24, 2.45) is 0 Å². The van der Waals surface area contributed by atoms with Crippen LogP contribution < -0.4 is 10.1 Å². The molecule has 0 aliphatic heterocycles. The third kappa shape index (κ3) is 3.03. The van der Waals surface area contributed by atoms with E-state index in [-0.39, 0.29) is 5.56 Å². The molecule has 3 heterocycles. The first-order chi connectivity index (χ1) is 15.2. The van der Waals surface area contributed by atoms with Crippen molar-refractivity contribution in [3.63, 3.8) is 0 Å². The Kier molecular flexibility index (Phi) is 4.64. The summed E-state index contributed by atoms with van der Waals surface area (Å²) >= 11 is 1.46. The summed E-state index contributed by atoms with van der Waals surface area (Å²) in [6, 6.07) is 10.7. The third-order valence-electron chi connectivity index (χ3n) is 6.47. The molecule has 0 amide bonds. The second-order valence-corrected chi connectivity index (χ2v) is 9.99. The summed E-state index contributed by atoms with van der Waals surface area (Å²) in [6.07, 6.45) is 2.02. The zero-order chi connectivity index (χ0) is 22.9. The van der Waals surface area contributed by atoms with Gasteiger partial charge in [-0.25, -0.2) is 9.38 Å². The Hall–Kier alpha value is -3.18. The molecule has 0 saturated carbocycles. The first-order valence-electron chi connectivity index (χ1n) is 10.9. The van der Waals surface area contributed by atoms with Gasteiger partial charge in [-0.2, -0.15) is 0 Å². The molecule has 162 valence electrons. The van der Waals surface area contributed by atoms with Gasteiger partial charge >= 0.3 is 0 Å². The second-order valence-electron chi connectivity index (χ2n) is 8.98. The molecule has 0 atom stereocenters. The van der Waals surface area contributed by atoms with Crippen molar-refractivity contribution in [1.82, 2.24) is 14.0 Å². The second kappa shape index (κ2) is 7.17. The summed E-state index contributed by atoms with van der Waals surface area (Å²) in [5, 5.41) is 0. The zero-order valence-electron chi connectivity index (χ0n) is 19.6. The average Bonchev–Trinajstić information content (AvgIpc) is 3.28. The number of thiazole rings is 1. The molecule has 32 heavy (non-hydrogen) atoms. The van der Waals surface area contributed by atoms with Crippen molar-refractivity contribution in [3.05, 3.63) is 90.0 Å². The summed E-state index contributed by atoms with van der Waals surface area (Å²) in [7, 11) is 0. The van der Waals surface area contributed by atoms with Crippen LogP contribution in [-0.4, -0.2) is 14.0 Å². The molecule has 0 unspecified atom stereocenters. The van der Waals surface area contributed by atoms with Crippen LogP contribution in [0.25, 0.3) is 27.8 Å². The van der Waals surface area contributed by atoms with Crippen molar-refractivity contribution in [2.45, 2.75) is 48.5 Å². The molecule has 0 fully saturated rings. The van der Waals surface area contributed by atoms with Gasteiger partial charge < -0.3 is 4.57 Å². The van der Waals surface area contributed by atoms with Crippen molar-refractivity contribution < 1.29 is 0 Å². The molecule has 2 aromatic carbocycles. The molecule has 5 aromatic rings. The van der Waals surface area contributed by atoms with Crippen LogP contribution in [0.4, 0.5) is 0 Å². The summed E-state index contributed by atoms with van der Waals surface area (Å²) in [6.45, 7) is 14.9. The maximum absolute atomic E-state index is 13.3. The smallest absolute Gasteiger partial charge is 0.274 e. The van der Waals surface area contributed by atoms with E-state index in [2.05, 4.69) is 83.4 Å². The van der Waals surface area contributed by atoms with E-state index in [9.17, 15) is 4.79 Å². The van der Waals surface area contributed by atoms with Crippen LogP contribution >= 0.6 is 11.3 Å². The molecule has 0 N–H and O–H groups in total. The first kappa shape index (κ1) is 20.7. The van der Waals surface area contributed by atoms with Crippen molar-refractivity contribution in [1.29, 1.82) is 0 Å². The number of nitrogens with zero attached hydrogens (tertiary/aromatic N) is 3. The van der Waals surface area contributed by atoms with Gasteiger partial charge in [0, 0.05) is 11.4 Å². The maximum Gasteiger partial charge on any atom is 0.274 e. The van der Waals surface area contributed by atoms with Crippen LogP contribution in [0.15, 0.2) is 35.1 Å². The highest BCUT2D eigenvalue weighted by atomic mass is 32.1. The highest BCUT2D eigenvalue weighted by molar-refractivity contribution is 7.15. The average molecular weight is 442 g/mol. The van der Waals surface area contributed by atoms with Gasteiger partial charge in [-0.1, -0.05) is 29.0 Å². The number of rotatable bonds is 2. The number of hydrogen-bond acceptors (Lipinski definition) is 3. The van der Waals surface area contributed by atoms with E-state index in [1.54, 1.807) is 4.40 Å². The van der Waals surface area contributed by atoms with E-state index in [0.717, 1.165) is 32.9 Å². The molecule has 0 aliphatic carbocycles. The zero-order valence-corrected chi connectivity index (χ0v) is 20.4. The van der Waals surface area contributed by atoms with E-state index in [1.165, 1.54) is 44.8 Å². The van der Waals surface area contributed by atoms with Crippen molar-refractivity contribution >= 4 is 33.4 Å². The lowest BCUT2D eigenvalue weighted by molar-refractivity contribution is 0.941. The molecular weight excluding hydrogens is 414 g/mol. The predicted octanol–water partition coefficient (Wildman–Crippen LogP) is 5.41. The van der Waals surface area contributed by atoms with E-state index < -0.39 is 0 Å². The third-order valence-corrected chi connectivity index (χ3v) is 7.44. The highest BCUT2D eigenvalue weighted by Crippen LogP contribution is 2.27. The minimum atomic E-state index is 0.00301. The number of imidazole rings is 1. The maximum atomic E-state index is 13.3. The van der Waals surface area contributed by atoms with Gasteiger partial charge in [-0.3, -0.25) is 4.79 Å². The van der Waals surface area contributed by atoms with Gasteiger partial charge in [0.1, 0.15) is 0 Å². The molecule has 5 heteroatoms. The Morgan fingerprint density at radius 2 is 1.50 bits per heavy atom. The van der Waals surface area contributed by atoms with Crippen LogP contribution in [0.1, 0.15) is 44.8 Å². The van der Waals surface area contributed by atoms with E-state index in [0.29, 0.717) is 4.53 Å². The fraction of sp³-hybridized carbons (Fsp3) is 0.259. The fourth-order valence-corrected chi connectivity index (χ4v) is 5.84. The summed E-state index contributed by atoms with van der Waals surface area (Å²) < 4.78 is 4.78. The molecule has 0 aliphatic rings. The standard InChI is InChI=1S/C27H27N3OS/c1-14-8-17(4)25(18(5)9-14)29-19(6)12-21(20(29)7)13-24-26(31)30-23-11-16(3)15(2)10-22(23)28-27(30)32-24/h8-13H,1-7H3/b24-13-. The van der Waals surface area contributed by atoms with Crippen molar-refractivity contribution in [2.75, 3.05) is 0 Å². The quantitative estimate of drug-likeness (QED) is 0.368. The van der Waals surface area contributed by atoms with E-state index in [4.69, 9.17) is 4.98 Å². The van der Waals surface area contributed by atoms with E-state index in [1.807, 2.05) is 6.08 Å². The Morgan fingerprint density at radius 3 is 2.19 bits per heavy atom. The number of hydrogen-bond donors (Lipinski definition) is 0. The van der Waals surface area contributed by atoms with Gasteiger partial charge in [0.2, 0.25) is 0 Å². The van der Waals surface area contributed by atoms with Gasteiger partial charge in [0.15, 0.2) is 4.96 Å². The number of aromatic nitrogens is 3. The summed E-state index contributed by atoms with van der Waals surface area (Å²) in [5.74, 6) is 0. The van der Waals surface area contributed by atoms with Crippen LogP contribution in [0.2, 0.25) is 0 Å². The molecule has 0 spiro atoms. The highest BCUT2D eigenvalue weighted by Gasteiger charge is 2.16. The monoisotopic (exact) mass is 441 g/mol. The lowest BCUT2D eigenvalue weighted by atomic mass is 10.0. The van der Waals surface area contributed by atoms with Gasteiger partial charge in [-0.15, -0.1) is 0 Å². The van der Waals surface area contributed by atoms with Crippen LogP contribution in [-0.2, 0) is 0 Å². The Morgan fingerprint density at radius 1 is 0.844 bits per heavy atom. The Labute approximate surface area is 191 Å². The predicted molar refractivity (Wildman–Crippen MR) is 135 cm³/mol. The lowest BCUT2D eigenvalue weighted by Crippen LogP contribution is -2.22. The number of aryl methyl sites for hydroxylation is 6. The van der Waals surface area contributed by atoms with E-state index >= 15 is 0 Å². The Bertz CT molecular complexity index is 1640. The topological polar surface area (TPSA) is 39.3 Å². The fourth-order valence-electron chi connectivity index (χ4n) is 4.86. The van der Waals surface area contributed by atoms with Crippen LogP contribution in [0.3, 0.4) is 0 Å². The summed E-state index contributed by atoms with van der Waals surface area (Å²) in [5.41, 5.74) is 12.5. The normalized spacial score (nSPS) is 12.5. The lowest BCUT2D eigenvalue weighted by Gasteiger charge is -2.16. The molecule has 3 aromatic heterocycles. The number of fused-ring (bicyclic) bond motifs is 3. The minimum Gasteiger partial charge on any atom is -0.317 e. The van der Waals surface area contributed by atoms with Gasteiger partial charge in [0.05, 0.1) is 21.3 Å². The first-order valence-corrected chi connectivity index (χ1v) is 11.7. The molecular formula is C27H27N3OS. The largest absolute Gasteiger partial charge is 0.317 e.